The molecular formula is C27H20Cl3N3O2S. The fraction of sp³-hybridized carbons (Fsp3) is 0.148. The number of halogens is 3. The van der Waals surface area contributed by atoms with E-state index in [9.17, 15) is 14.9 Å². The number of hydrogen-bond acceptors (Lipinski definition) is 4. The summed E-state index contributed by atoms with van der Waals surface area (Å²) in [5, 5.41) is 13.7. The molecule has 1 N–H and O–H groups in total. The Morgan fingerprint density at radius 2 is 1.78 bits per heavy atom. The molecule has 0 aromatic heterocycles. The monoisotopic (exact) mass is 555 g/mol. The SMILES string of the molecule is Cc1ccc(N2C(=O)C(Cc3cc(Cl)ccc3Cl)S/C2=C(/C#N)C(=O)Nc2ccccc2Cl)cc1C. The van der Waals surface area contributed by atoms with Gasteiger partial charge in [-0.2, -0.15) is 5.26 Å². The van der Waals surface area contributed by atoms with Crippen molar-refractivity contribution < 1.29 is 9.59 Å². The van der Waals surface area contributed by atoms with Crippen molar-refractivity contribution in [3.63, 3.8) is 0 Å². The summed E-state index contributed by atoms with van der Waals surface area (Å²) in [6.45, 7) is 3.91. The quantitative estimate of drug-likeness (QED) is 0.264. The van der Waals surface area contributed by atoms with Crippen LogP contribution < -0.4 is 10.2 Å². The topological polar surface area (TPSA) is 73.2 Å². The van der Waals surface area contributed by atoms with E-state index >= 15 is 0 Å². The molecule has 0 spiro atoms. The molecule has 1 atom stereocenters. The predicted octanol–water partition coefficient (Wildman–Crippen LogP) is 7.33. The molecule has 1 heterocycles. The van der Waals surface area contributed by atoms with Crippen molar-refractivity contribution in [2.45, 2.75) is 25.5 Å². The Hall–Kier alpha value is -2.95. The molecule has 0 bridgehead atoms. The molecule has 0 saturated carbocycles. The van der Waals surface area contributed by atoms with Crippen LogP contribution >= 0.6 is 46.6 Å². The fourth-order valence-electron chi connectivity index (χ4n) is 3.73. The van der Waals surface area contributed by atoms with Crippen LogP contribution in [0.3, 0.4) is 0 Å². The van der Waals surface area contributed by atoms with Gasteiger partial charge < -0.3 is 5.32 Å². The first-order valence-electron chi connectivity index (χ1n) is 10.9. The van der Waals surface area contributed by atoms with Crippen molar-refractivity contribution in [1.29, 1.82) is 5.26 Å². The predicted molar refractivity (Wildman–Crippen MR) is 148 cm³/mol. The lowest BCUT2D eigenvalue weighted by Crippen LogP contribution is -2.31. The van der Waals surface area contributed by atoms with Crippen LogP contribution in [0, 0.1) is 25.2 Å². The van der Waals surface area contributed by atoms with Crippen LogP contribution in [0.25, 0.3) is 0 Å². The second-order valence-corrected chi connectivity index (χ2v) is 10.7. The van der Waals surface area contributed by atoms with Crippen LogP contribution in [-0.2, 0) is 16.0 Å². The molecule has 0 radical (unpaired) electrons. The summed E-state index contributed by atoms with van der Waals surface area (Å²) < 4.78 is 0. The van der Waals surface area contributed by atoms with E-state index < -0.39 is 11.2 Å². The zero-order valence-corrected chi connectivity index (χ0v) is 22.4. The van der Waals surface area contributed by atoms with E-state index in [4.69, 9.17) is 34.8 Å². The maximum Gasteiger partial charge on any atom is 0.269 e. The number of rotatable bonds is 5. The molecule has 4 rings (SSSR count). The van der Waals surface area contributed by atoms with Gasteiger partial charge in [0, 0.05) is 15.7 Å². The molecule has 1 fully saturated rings. The Morgan fingerprint density at radius 3 is 2.47 bits per heavy atom. The number of benzene rings is 3. The Kier molecular flexibility index (Phi) is 7.97. The van der Waals surface area contributed by atoms with E-state index in [2.05, 4.69) is 5.32 Å². The molecule has 182 valence electrons. The number of amides is 2. The number of para-hydroxylation sites is 1. The lowest BCUT2D eigenvalue weighted by atomic mass is 10.1. The largest absolute Gasteiger partial charge is 0.320 e. The molecule has 9 heteroatoms. The number of carbonyl (C=O) groups is 2. The molecule has 2 amide bonds. The highest BCUT2D eigenvalue weighted by molar-refractivity contribution is 8.05. The highest BCUT2D eigenvalue weighted by Crippen LogP contribution is 2.43. The van der Waals surface area contributed by atoms with Crippen molar-refractivity contribution in [2.24, 2.45) is 0 Å². The molecule has 0 aliphatic carbocycles. The second-order valence-electron chi connectivity index (χ2n) is 8.21. The molecule has 1 unspecified atom stereocenters. The maximum atomic E-state index is 13.7. The summed E-state index contributed by atoms with van der Waals surface area (Å²) in [4.78, 5) is 28.3. The summed E-state index contributed by atoms with van der Waals surface area (Å²) in [7, 11) is 0. The zero-order chi connectivity index (χ0) is 26.0. The summed E-state index contributed by atoms with van der Waals surface area (Å²) in [6, 6.07) is 19.4. The van der Waals surface area contributed by atoms with Crippen LogP contribution in [-0.4, -0.2) is 17.1 Å². The Bertz CT molecular complexity index is 1450. The minimum atomic E-state index is -0.656. The average molecular weight is 557 g/mol. The number of aryl methyl sites for hydroxylation is 2. The van der Waals surface area contributed by atoms with Gasteiger partial charge in [0.05, 0.1) is 16.0 Å². The maximum absolute atomic E-state index is 13.7. The highest BCUT2D eigenvalue weighted by atomic mass is 35.5. The van der Waals surface area contributed by atoms with E-state index in [0.29, 0.717) is 32.0 Å². The van der Waals surface area contributed by atoms with Gasteiger partial charge in [0.1, 0.15) is 16.7 Å². The van der Waals surface area contributed by atoms with Crippen LogP contribution in [0.5, 0.6) is 0 Å². The number of nitrogens with zero attached hydrogens (tertiary/aromatic N) is 2. The normalized spacial score (nSPS) is 16.6. The Morgan fingerprint density at radius 1 is 1.03 bits per heavy atom. The van der Waals surface area contributed by atoms with E-state index in [-0.39, 0.29) is 22.9 Å². The third-order valence-corrected chi connectivity index (χ3v) is 7.99. The van der Waals surface area contributed by atoms with E-state index in [1.165, 1.54) is 4.90 Å². The summed E-state index contributed by atoms with van der Waals surface area (Å²) in [5.74, 6) is -0.913. The van der Waals surface area contributed by atoms with Gasteiger partial charge >= 0.3 is 0 Å². The van der Waals surface area contributed by atoms with Gasteiger partial charge in [0.15, 0.2) is 0 Å². The number of nitrogens with one attached hydrogen (secondary N) is 1. The first-order chi connectivity index (χ1) is 17.2. The van der Waals surface area contributed by atoms with Crippen LogP contribution in [0.2, 0.25) is 15.1 Å². The first-order valence-corrected chi connectivity index (χ1v) is 12.9. The number of thioether (sulfide) groups is 1. The average Bonchev–Trinajstić information content (AvgIpc) is 3.15. The van der Waals surface area contributed by atoms with Crippen molar-refractivity contribution >= 4 is 69.8 Å². The molecular weight excluding hydrogens is 537 g/mol. The van der Waals surface area contributed by atoms with Crippen molar-refractivity contribution in [3.05, 3.63) is 103 Å². The number of nitriles is 1. The van der Waals surface area contributed by atoms with E-state index in [0.717, 1.165) is 22.9 Å². The summed E-state index contributed by atoms with van der Waals surface area (Å²) >= 11 is 19.9. The molecule has 3 aromatic rings. The lowest BCUT2D eigenvalue weighted by Gasteiger charge is -2.20. The minimum Gasteiger partial charge on any atom is -0.320 e. The molecule has 36 heavy (non-hydrogen) atoms. The molecule has 5 nitrogen and oxygen atoms in total. The fourth-order valence-corrected chi connectivity index (χ4v) is 5.60. The first kappa shape index (κ1) is 26.1. The van der Waals surface area contributed by atoms with Crippen LogP contribution in [0.15, 0.2) is 71.3 Å². The Balaban J connectivity index is 1.78. The van der Waals surface area contributed by atoms with Gasteiger partial charge in [-0.05, 0) is 79.4 Å². The van der Waals surface area contributed by atoms with Gasteiger partial charge in [-0.1, -0.05) is 64.8 Å². The van der Waals surface area contributed by atoms with Crippen LogP contribution in [0.4, 0.5) is 11.4 Å². The second kappa shape index (κ2) is 11.0. The number of hydrogen-bond donors (Lipinski definition) is 1. The smallest absolute Gasteiger partial charge is 0.269 e. The van der Waals surface area contributed by atoms with Crippen LogP contribution in [0.1, 0.15) is 16.7 Å². The Labute approximate surface area is 228 Å². The van der Waals surface area contributed by atoms with Crippen molar-refractivity contribution in [1.82, 2.24) is 0 Å². The highest BCUT2D eigenvalue weighted by Gasteiger charge is 2.41. The minimum absolute atomic E-state index is 0.189. The number of carbonyl (C=O) groups excluding carboxylic acids is 2. The van der Waals surface area contributed by atoms with Gasteiger partial charge in [-0.3, -0.25) is 14.5 Å². The molecule has 3 aromatic carbocycles. The third kappa shape index (κ3) is 5.40. The van der Waals surface area contributed by atoms with Crippen molar-refractivity contribution in [2.75, 3.05) is 10.2 Å². The summed E-state index contributed by atoms with van der Waals surface area (Å²) in [5.41, 5.74) is 3.49. The molecule has 1 aliphatic heterocycles. The van der Waals surface area contributed by atoms with Gasteiger partial charge in [-0.15, -0.1) is 0 Å². The molecule has 1 saturated heterocycles. The zero-order valence-electron chi connectivity index (χ0n) is 19.3. The van der Waals surface area contributed by atoms with E-state index in [1.807, 2.05) is 32.0 Å². The lowest BCUT2D eigenvalue weighted by molar-refractivity contribution is -0.117. The van der Waals surface area contributed by atoms with Gasteiger partial charge in [0.25, 0.3) is 5.91 Å². The molecule has 1 aliphatic rings. The standard InChI is InChI=1S/C27H20Cl3N3O2S/c1-15-7-9-19(11-16(15)2)33-26(35)24(13-17-12-18(28)8-10-21(17)29)36-27(33)20(14-31)25(34)32-23-6-4-3-5-22(23)30/h3-12,24H,13H2,1-2H3,(H,32,34)/b27-20-. The van der Waals surface area contributed by atoms with E-state index in [1.54, 1.807) is 48.5 Å². The summed E-state index contributed by atoms with van der Waals surface area (Å²) in [6.07, 6.45) is 0.276. The van der Waals surface area contributed by atoms with Gasteiger partial charge in [0.2, 0.25) is 5.91 Å². The van der Waals surface area contributed by atoms with Gasteiger partial charge in [-0.25, -0.2) is 0 Å². The number of anilines is 2. The van der Waals surface area contributed by atoms with Crippen molar-refractivity contribution in [3.8, 4) is 6.07 Å². The third-order valence-electron chi connectivity index (χ3n) is 5.79.